The van der Waals surface area contributed by atoms with Crippen LogP contribution >= 0.6 is 0 Å². The molecule has 26 heavy (non-hydrogen) atoms. The smallest absolute Gasteiger partial charge is 0.163 e. The van der Waals surface area contributed by atoms with Gasteiger partial charge < -0.3 is 10.1 Å². The maximum absolute atomic E-state index is 12.7. The average molecular weight is 381 g/mol. The summed E-state index contributed by atoms with van der Waals surface area (Å²) in [5, 5.41) is 2.95. The van der Waals surface area contributed by atoms with Crippen molar-refractivity contribution in [1.29, 1.82) is 0 Å². The minimum Gasteiger partial charge on any atom is -0.493 e. The Morgan fingerprint density at radius 3 is 2.69 bits per heavy atom. The molecule has 1 saturated heterocycles. The number of likely N-dealkylation sites (N-methyl/N-ethyl adjacent to an activating group) is 1. The maximum atomic E-state index is 12.7. The van der Waals surface area contributed by atoms with E-state index in [4.69, 9.17) is 4.74 Å². The lowest BCUT2D eigenvalue weighted by molar-refractivity contribution is 0.138. The van der Waals surface area contributed by atoms with Gasteiger partial charge in [0, 0.05) is 18.7 Å². The molecule has 2 heterocycles. The van der Waals surface area contributed by atoms with E-state index < -0.39 is 15.2 Å². The molecule has 0 saturated carbocycles. The van der Waals surface area contributed by atoms with Crippen LogP contribution in [-0.2, 0) is 22.7 Å². The molecule has 5 nitrogen and oxygen atoms in total. The fourth-order valence-corrected chi connectivity index (χ4v) is 6.35. The van der Waals surface area contributed by atoms with Gasteiger partial charge in [0.1, 0.15) is 11.1 Å². The number of piperidine rings is 1. The molecule has 0 aliphatic carbocycles. The fourth-order valence-electron chi connectivity index (χ4n) is 4.53. The molecule has 2 atom stereocenters. The Labute approximate surface area is 158 Å². The number of hydrogen-bond donors (Lipinski definition) is 1. The van der Waals surface area contributed by atoms with Crippen molar-refractivity contribution < 1.29 is 13.2 Å². The third-order valence-corrected chi connectivity index (χ3v) is 7.31. The molecule has 2 aliphatic heterocycles. The Hall–Kier alpha value is -1.11. The van der Waals surface area contributed by atoms with Crippen LogP contribution in [0.1, 0.15) is 37.8 Å². The van der Waals surface area contributed by atoms with Crippen LogP contribution < -0.4 is 10.1 Å². The number of nitrogens with zero attached hydrogens (tertiary/aromatic N) is 1. The topological polar surface area (TPSA) is 58.6 Å². The molecule has 0 spiro atoms. The van der Waals surface area contributed by atoms with Crippen molar-refractivity contribution >= 4 is 9.84 Å². The molecule has 0 amide bonds. The Morgan fingerprint density at radius 2 is 2.04 bits per heavy atom. The zero-order chi connectivity index (χ0) is 18.7. The largest absolute Gasteiger partial charge is 0.493 e. The molecule has 2 unspecified atom stereocenters. The van der Waals surface area contributed by atoms with Crippen molar-refractivity contribution in [3.63, 3.8) is 0 Å². The second-order valence-corrected chi connectivity index (χ2v) is 9.87. The molecule has 2 aliphatic rings. The third kappa shape index (κ3) is 4.41. The van der Waals surface area contributed by atoms with Crippen LogP contribution in [-0.4, -0.2) is 57.2 Å². The fraction of sp³-hybridized carbons (Fsp3) is 0.700. The van der Waals surface area contributed by atoms with Crippen molar-refractivity contribution in [1.82, 2.24) is 10.2 Å². The molecular formula is C20H32N2O3S. The Kier molecular flexibility index (Phi) is 6.25. The number of fused-ring (bicyclic) bond motifs is 1. The molecule has 0 aromatic heterocycles. The van der Waals surface area contributed by atoms with Gasteiger partial charge in [-0.2, -0.15) is 0 Å². The van der Waals surface area contributed by atoms with Gasteiger partial charge in [-0.15, -0.1) is 0 Å². The highest BCUT2D eigenvalue weighted by Gasteiger charge is 2.37. The predicted molar refractivity (Wildman–Crippen MR) is 105 cm³/mol. The zero-order valence-corrected chi connectivity index (χ0v) is 17.0. The highest BCUT2D eigenvalue weighted by Crippen LogP contribution is 2.30. The van der Waals surface area contributed by atoms with Crippen LogP contribution in [0.4, 0.5) is 0 Å². The average Bonchev–Trinajstić information content (AvgIpc) is 3.06. The first kappa shape index (κ1) is 19.6. The number of hydrogen-bond acceptors (Lipinski definition) is 5. The summed E-state index contributed by atoms with van der Waals surface area (Å²) in [6, 6.07) is 6.61. The molecule has 6 heteroatoms. The van der Waals surface area contributed by atoms with E-state index in [1.807, 2.05) is 0 Å². The van der Waals surface area contributed by atoms with Gasteiger partial charge in [-0.3, -0.25) is 4.90 Å². The van der Waals surface area contributed by atoms with Crippen molar-refractivity contribution in [2.75, 3.05) is 32.5 Å². The summed E-state index contributed by atoms with van der Waals surface area (Å²) in [6.07, 6.45) is 5.07. The van der Waals surface area contributed by atoms with E-state index in [9.17, 15) is 8.42 Å². The van der Waals surface area contributed by atoms with E-state index in [0.29, 0.717) is 0 Å². The molecule has 146 valence electrons. The molecule has 1 N–H and O–H groups in total. The highest BCUT2D eigenvalue weighted by molar-refractivity contribution is 7.91. The lowest BCUT2D eigenvalue weighted by atomic mass is 9.95. The number of ether oxygens (including phenoxy) is 1. The molecule has 0 bridgehead atoms. The molecular weight excluding hydrogens is 348 g/mol. The van der Waals surface area contributed by atoms with E-state index in [0.717, 1.165) is 57.7 Å². The first-order valence-corrected chi connectivity index (χ1v) is 11.8. The van der Waals surface area contributed by atoms with Gasteiger partial charge in [0.05, 0.1) is 6.61 Å². The monoisotopic (exact) mass is 380 g/mol. The minimum atomic E-state index is -3.15. The normalized spacial score (nSPS) is 20.6. The lowest BCUT2D eigenvalue weighted by Crippen LogP contribution is -2.52. The number of sulfone groups is 1. The van der Waals surface area contributed by atoms with Crippen LogP contribution in [0.15, 0.2) is 18.2 Å². The van der Waals surface area contributed by atoms with Crippen LogP contribution in [0.25, 0.3) is 0 Å². The number of nitrogens with one attached hydrogen (secondary N) is 1. The van der Waals surface area contributed by atoms with Crippen LogP contribution in [0, 0.1) is 5.92 Å². The summed E-state index contributed by atoms with van der Waals surface area (Å²) in [4.78, 5) is 2.19. The van der Waals surface area contributed by atoms with Gasteiger partial charge >= 0.3 is 0 Å². The summed E-state index contributed by atoms with van der Waals surface area (Å²) in [5.41, 5.74) is 2.49. The van der Waals surface area contributed by atoms with Gasteiger partial charge in [-0.1, -0.05) is 19.1 Å². The Balaban J connectivity index is 1.78. The molecule has 1 aromatic carbocycles. The maximum Gasteiger partial charge on any atom is 0.163 e. The van der Waals surface area contributed by atoms with Crippen LogP contribution in [0.5, 0.6) is 5.75 Å². The van der Waals surface area contributed by atoms with Crippen molar-refractivity contribution in [3.05, 3.63) is 29.3 Å². The Bertz CT molecular complexity index is 714. The van der Waals surface area contributed by atoms with E-state index in [-0.39, 0.29) is 12.0 Å². The van der Waals surface area contributed by atoms with Crippen LogP contribution in [0.2, 0.25) is 0 Å². The standard InChI is InChI=1S/C20H32N2O3S/c1-4-22(20(26(3,23)24)18-7-10-21-11-8-18)15(2)13-16-5-6-17-9-12-25-19(17)14-16/h5-6,14-15,18,20-21H,4,7-13H2,1-3H3. The van der Waals surface area contributed by atoms with E-state index in [1.165, 1.54) is 17.4 Å². The summed E-state index contributed by atoms with van der Waals surface area (Å²) < 4.78 is 31.0. The summed E-state index contributed by atoms with van der Waals surface area (Å²) >= 11 is 0. The second kappa shape index (κ2) is 8.28. The number of benzene rings is 1. The summed E-state index contributed by atoms with van der Waals surface area (Å²) in [7, 11) is -3.15. The van der Waals surface area contributed by atoms with Gasteiger partial charge in [0.2, 0.25) is 0 Å². The first-order valence-electron chi connectivity index (χ1n) is 9.80. The molecule has 1 fully saturated rings. The number of rotatable bonds is 7. The molecule has 3 rings (SSSR count). The van der Waals surface area contributed by atoms with Crippen molar-refractivity contribution in [3.8, 4) is 5.75 Å². The third-order valence-electron chi connectivity index (χ3n) is 5.78. The quantitative estimate of drug-likeness (QED) is 0.786. The lowest BCUT2D eigenvalue weighted by Gasteiger charge is -2.40. The van der Waals surface area contributed by atoms with Crippen molar-refractivity contribution in [2.45, 2.75) is 50.9 Å². The van der Waals surface area contributed by atoms with Crippen molar-refractivity contribution in [2.24, 2.45) is 5.92 Å². The van der Waals surface area contributed by atoms with Gasteiger partial charge in [0.15, 0.2) is 9.84 Å². The SMILES string of the molecule is CCN(C(C)Cc1ccc2c(c1)OCC2)C(C1CCNCC1)S(C)(=O)=O. The second-order valence-electron chi connectivity index (χ2n) is 7.73. The van der Waals surface area contributed by atoms with E-state index >= 15 is 0 Å². The summed E-state index contributed by atoms with van der Waals surface area (Å²) in [5.74, 6) is 1.20. The van der Waals surface area contributed by atoms with Crippen LogP contribution in [0.3, 0.4) is 0 Å². The van der Waals surface area contributed by atoms with Gasteiger partial charge in [-0.05, 0) is 68.9 Å². The molecule has 1 aromatic rings. The van der Waals surface area contributed by atoms with Gasteiger partial charge in [0.25, 0.3) is 0 Å². The van der Waals surface area contributed by atoms with E-state index in [2.05, 4.69) is 42.3 Å². The van der Waals surface area contributed by atoms with E-state index in [1.54, 1.807) is 0 Å². The van der Waals surface area contributed by atoms with Gasteiger partial charge in [-0.25, -0.2) is 8.42 Å². The zero-order valence-electron chi connectivity index (χ0n) is 16.2. The molecule has 0 radical (unpaired) electrons. The predicted octanol–water partition coefficient (Wildman–Crippen LogP) is 2.24. The Morgan fingerprint density at radius 1 is 1.31 bits per heavy atom. The first-order chi connectivity index (χ1) is 12.4. The highest BCUT2D eigenvalue weighted by atomic mass is 32.2. The summed E-state index contributed by atoms with van der Waals surface area (Å²) in [6.45, 7) is 7.54. The minimum absolute atomic E-state index is 0.161.